The summed E-state index contributed by atoms with van der Waals surface area (Å²) >= 11 is 0. The normalized spacial score (nSPS) is 14.5. The SMILES string of the molecule is O=C(c1cn(CCCCc2ccccc2)c2cc(F)ccc12)N1CCOCC1. The number of ether oxygens (including phenoxy) is 1. The first-order valence-electron chi connectivity index (χ1n) is 9.92. The number of aryl methyl sites for hydroxylation is 2. The van der Waals surface area contributed by atoms with E-state index in [1.807, 2.05) is 21.7 Å². The van der Waals surface area contributed by atoms with Gasteiger partial charge in [-0.05, 0) is 43.0 Å². The van der Waals surface area contributed by atoms with Crippen LogP contribution in [0.2, 0.25) is 0 Å². The Morgan fingerprint density at radius 2 is 1.82 bits per heavy atom. The van der Waals surface area contributed by atoms with Crippen LogP contribution in [0.3, 0.4) is 0 Å². The van der Waals surface area contributed by atoms with Crippen molar-refractivity contribution in [2.45, 2.75) is 25.8 Å². The summed E-state index contributed by atoms with van der Waals surface area (Å²) in [5, 5.41) is 0.820. The number of unbranched alkanes of at least 4 members (excludes halogenated alkanes) is 1. The highest BCUT2D eigenvalue weighted by Gasteiger charge is 2.22. The molecule has 1 aliphatic rings. The van der Waals surface area contributed by atoms with E-state index in [1.165, 1.54) is 17.7 Å². The van der Waals surface area contributed by atoms with Crippen molar-refractivity contribution in [3.8, 4) is 0 Å². The van der Waals surface area contributed by atoms with E-state index in [1.54, 1.807) is 6.07 Å². The lowest BCUT2D eigenvalue weighted by Gasteiger charge is -2.26. The summed E-state index contributed by atoms with van der Waals surface area (Å²) in [5.41, 5.74) is 2.77. The number of carbonyl (C=O) groups excluding carboxylic acids is 1. The molecule has 0 bridgehead atoms. The van der Waals surface area contributed by atoms with Gasteiger partial charge in [-0.25, -0.2) is 4.39 Å². The van der Waals surface area contributed by atoms with Crippen LogP contribution in [-0.4, -0.2) is 41.7 Å². The van der Waals surface area contributed by atoms with Crippen molar-refractivity contribution in [1.82, 2.24) is 9.47 Å². The van der Waals surface area contributed by atoms with Gasteiger partial charge < -0.3 is 14.2 Å². The number of aromatic nitrogens is 1. The fourth-order valence-electron chi connectivity index (χ4n) is 3.81. The maximum absolute atomic E-state index is 13.9. The average Bonchev–Trinajstić information content (AvgIpc) is 3.10. The maximum atomic E-state index is 13.9. The molecule has 2 heterocycles. The van der Waals surface area contributed by atoms with Gasteiger partial charge in [0.1, 0.15) is 5.82 Å². The average molecular weight is 380 g/mol. The predicted octanol–water partition coefficient (Wildman–Crippen LogP) is 4.28. The fraction of sp³-hybridized carbons (Fsp3) is 0.348. The van der Waals surface area contributed by atoms with Crippen LogP contribution in [-0.2, 0) is 17.7 Å². The quantitative estimate of drug-likeness (QED) is 0.599. The third kappa shape index (κ3) is 4.09. The molecule has 0 unspecified atom stereocenters. The molecule has 0 saturated carbocycles. The van der Waals surface area contributed by atoms with E-state index < -0.39 is 0 Å². The van der Waals surface area contributed by atoms with E-state index >= 15 is 0 Å². The van der Waals surface area contributed by atoms with Crippen LogP contribution in [0.4, 0.5) is 4.39 Å². The molecule has 0 spiro atoms. The van der Waals surface area contributed by atoms with Gasteiger partial charge in [0.05, 0.1) is 24.3 Å². The number of hydrogen-bond donors (Lipinski definition) is 0. The van der Waals surface area contributed by atoms with Crippen molar-refractivity contribution in [1.29, 1.82) is 0 Å². The molecule has 1 saturated heterocycles. The van der Waals surface area contributed by atoms with Crippen LogP contribution in [0, 0.1) is 5.82 Å². The zero-order valence-electron chi connectivity index (χ0n) is 15.9. The lowest BCUT2D eigenvalue weighted by atomic mass is 10.1. The zero-order valence-corrected chi connectivity index (χ0v) is 15.9. The van der Waals surface area contributed by atoms with Crippen LogP contribution >= 0.6 is 0 Å². The Balaban J connectivity index is 1.50. The monoisotopic (exact) mass is 380 g/mol. The van der Waals surface area contributed by atoms with Gasteiger partial charge >= 0.3 is 0 Å². The molecule has 0 radical (unpaired) electrons. The van der Waals surface area contributed by atoms with Crippen molar-refractivity contribution in [2.75, 3.05) is 26.3 Å². The maximum Gasteiger partial charge on any atom is 0.256 e. The van der Waals surface area contributed by atoms with Gasteiger partial charge in [0.2, 0.25) is 0 Å². The van der Waals surface area contributed by atoms with Gasteiger partial charge in [0.15, 0.2) is 0 Å². The summed E-state index contributed by atoms with van der Waals surface area (Å²) in [5.74, 6) is -0.274. The van der Waals surface area contributed by atoms with E-state index in [0.29, 0.717) is 31.9 Å². The third-order valence-corrected chi connectivity index (χ3v) is 5.33. The summed E-state index contributed by atoms with van der Waals surface area (Å²) in [6.07, 6.45) is 4.94. The molecule has 0 atom stereocenters. The molecular weight excluding hydrogens is 355 g/mol. The minimum atomic E-state index is -0.276. The highest BCUT2D eigenvalue weighted by molar-refractivity contribution is 6.07. The molecule has 146 valence electrons. The lowest BCUT2D eigenvalue weighted by molar-refractivity contribution is 0.0304. The number of fused-ring (bicyclic) bond motifs is 1. The summed E-state index contributed by atoms with van der Waals surface area (Å²) in [6, 6.07) is 15.1. The van der Waals surface area contributed by atoms with Crippen molar-refractivity contribution in [3.05, 3.63) is 71.7 Å². The predicted molar refractivity (Wildman–Crippen MR) is 108 cm³/mol. The summed E-state index contributed by atoms with van der Waals surface area (Å²) < 4.78 is 21.2. The third-order valence-electron chi connectivity index (χ3n) is 5.33. The summed E-state index contributed by atoms with van der Waals surface area (Å²) in [7, 11) is 0. The number of halogens is 1. The first kappa shape index (κ1) is 18.7. The molecule has 4 rings (SSSR count). The van der Waals surface area contributed by atoms with E-state index in [2.05, 4.69) is 24.3 Å². The number of morpholine rings is 1. The second-order valence-corrected chi connectivity index (χ2v) is 7.24. The van der Waals surface area contributed by atoms with E-state index in [0.717, 1.165) is 36.7 Å². The summed E-state index contributed by atoms with van der Waals surface area (Å²) in [6.45, 7) is 3.10. The first-order chi connectivity index (χ1) is 13.7. The Kier molecular flexibility index (Phi) is 5.72. The van der Waals surface area contributed by atoms with Crippen molar-refractivity contribution >= 4 is 16.8 Å². The van der Waals surface area contributed by atoms with Crippen LogP contribution < -0.4 is 0 Å². The van der Waals surface area contributed by atoms with Gasteiger partial charge in [-0.1, -0.05) is 30.3 Å². The standard InChI is InChI=1S/C23H25FN2O2/c24-19-9-10-20-21(23(27)25-12-14-28-15-13-25)17-26(22(20)16-19)11-5-4-8-18-6-2-1-3-7-18/h1-3,6-7,9-10,16-17H,4-5,8,11-15H2. The highest BCUT2D eigenvalue weighted by Crippen LogP contribution is 2.25. The Morgan fingerprint density at radius 3 is 2.61 bits per heavy atom. The first-order valence-corrected chi connectivity index (χ1v) is 9.92. The Morgan fingerprint density at radius 1 is 1.04 bits per heavy atom. The van der Waals surface area contributed by atoms with E-state index in [9.17, 15) is 9.18 Å². The molecular formula is C23H25FN2O2. The van der Waals surface area contributed by atoms with Gasteiger partial charge in [-0.3, -0.25) is 4.79 Å². The van der Waals surface area contributed by atoms with Crippen LogP contribution in [0.25, 0.3) is 10.9 Å². The number of hydrogen-bond acceptors (Lipinski definition) is 2. The van der Waals surface area contributed by atoms with Crippen molar-refractivity contribution in [3.63, 3.8) is 0 Å². The molecule has 28 heavy (non-hydrogen) atoms. The number of carbonyl (C=O) groups is 1. The fourth-order valence-corrected chi connectivity index (χ4v) is 3.81. The zero-order chi connectivity index (χ0) is 19.3. The number of rotatable bonds is 6. The molecule has 1 amide bonds. The molecule has 1 aliphatic heterocycles. The van der Waals surface area contributed by atoms with Crippen LogP contribution in [0.15, 0.2) is 54.7 Å². The van der Waals surface area contributed by atoms with Crippen molar-refractivity contribution in [2.24, 2.45) is 0 Å². The molecule has 3 aromatic rings. The molecule has 0 N–H and O–H groups in total. The van der Waals surface area contributed by atoms with E-state index in [-0.39, 0.29) is 11.7 Å². The second kappa shape index (κ2) is 8.57. The smallest absolute Gasteiger partial charge is 0.256 e. The van der Waals surface area contributed by atoms with Gasteiger partial charge in [-0.15, -0.1) is 0 Å². The molecule has 0 aliphatic carbocycles. The number of benzene rings is 2. The van der Waals surface area contributed by atoms with Gasteiger partial charge in [0, 0.05) is 31.2 Å². The lowest BCUT2D eigenvalue weighted by Crippen LogP contribution is -2.40. The molecule has 1 aromatic heterocycles. The topological polar surface area (TPSA) is 34.5 Å². The molecule has 1 fully saturated rings. The minimum absolute atomic E-state index is 0.00273. The van der Waals surface area contributed by atoms with Crippen LogP contribution in [0.1, 0.15) is 28.8 Å². The Hall–Kier alpha value is -2.66. The van der Waals surface area contributed by atoms with Gasteiger partial charge in [0.25, 0.3) is 5.91 Å². The largest absolute Gasteiger partial charge is 0.378 e. The Labute approximate surface area is 164 Å². The van der Waals surface area contributed by atoms with Gasteiger partial charge in [-0.2, -0.15) is 0 Å². The molecule has 4 nitrogen and oxygen atoms in total. The van der Waals surface area contributed by atoms with Crippen molar-refractivity contribution < 1.29 is 13.9 Å². The van der Waals surface area contributed by atoms with Crippen LogP contribution in [0.5, 0.6) is 0 Å². The highest BCUT2D eigenvalue weighted by atomic mass is 19.1. The molecule has 2 aromatic carbocycles. The minimum Gasteiger partial charge on any atom is -0.378 e. The summed E-state index contributed by atoms with van der Waals surface area (Å²) in [4.78, 5) is 14.8. The second-order valence-electron chi connectivity index (χ2n) is 7.24. The molecule has 5 heteroatoms. The Bertz CT molecular complexity index is 946. The van der Waals surface area contributed by atoms with E-state index in [4.69, 9.17) is 4.74 Å². The number of nitrogens with zero attached hydrogens (tertiary/aromatic N) is 2. The number of amides is 1.